The zero-order chi connectivity index (χ0) is 43.2. The second-order valence-corrected chi connectivity index (χ2v) is 17.1. The van der Waals surface area contributed by atoms with Gasteiger partial charge in [-0.15, -0.1) is 0 Å². The molecule has 2 aliphatic carbocycles. The van der Waals surface area contributed by atoms with Crippen molar-refractivity contribution < 1.29 is 47.2 Å². The van der Waals surface area contributed by atoms with E-state index in [9.17, 15) is 37.8 Å². The molecule has 0 bridgehead atoms. The number of halogens is 3. The Balaban J connectivity index is 0.888. The number of rotatable bonds is 6. The third-order valence-electron chi connectivity index (χ3n) is 11.8. The Morgan fingerprint density at radius 2 is 1.52 bits per heavy atom. The molecule has 9 rings (SSSR count). The van der Waals surface area contributed by atoms with Crippen molar-refractivity contribution in [2.24, 2.45) is 11.1 Å². The number of ether oxygens (including phenoxy) is 2. The number of aromatic hydroxyl groups is 2. The number of nitrogens with one attached hydrogen (secondary N) is 3. The van der Waals surface area contributed by atoms with Crippen LogP contribution < -0.4 is 26.4 Å². The van der Waals surface area contributed by atoms with E-state index in [2.05, 4.69) is 21.0 Å². The van der Waals surface area contributed by atoms with Crippen LogP contribution in [0.2, 0.25) is 0 Å². The van der Waals surface area contributed by atoms with Gasteiger partial charge in [-0.1, -0.05) is 19.9 Å². The molecule has 1 aromatic heterocycles. The van der Waals surface area contributed by atoms with Crippen LogP contribution in [0.3, 0.4) is 0 Å². The molecule has 0 atom stereocenters. The van der Waals surface area contributed by atoms with E-state index in [0.717, 1.165) is 4.68 Å². The lowest BCUT2D eigenvalue weighted by molar-refractivity contribution is -0.141. The van der Waals surface area contributed by atoms with Gasteiger partial charge >= 0.3 is 12.1 Å². The number of hydrogen-bond donors (Lipinski definition) is 6. The van der Waals surface area contributed by atoms with Gasteiger partial charge in [-0.05, 0) is 104 Å². The SMILES string of the molecule is CC1(C)CC(=O)c2c(C(F)(F)F)nn(-c3ccc(C(N)=O)c(NC4CCC(NC(=S)Nc5ccc6c(c5)C(=O)OC65c6ccc(O)cc6Oc6cc(O)ccc65)CC4)c3)c2C1. The molecule has 7 N–H and O–H groups in total. The van der Waals surface area contributed by atoms with Gasteiger partial charge in [0.25, 0.3) is 5.91 Å². The Morgan fingerprint density at radius 3 is 2.16 bits per heavy atom. The van der Waals surface area contributed by atoms with Crippen LogP contribution in [0.5, 0.6) is 23.0 Å². The summed E-state index contributed by atoms with van der Waals surface area (Å²) in [5.41, 5.74) is 5.46. The number of carbonyl (C=O) groups is 3. The van der Waals surface area contributed by atoms with Crippen LogP contribution in [0, 0.1) is 5.41 Å². The number of thiocarbonyl (C=S) groups is 1. The Labute approximate surface area is 352 Å². The minimum absolute atomic E-state index is 0.0250. The number of benzene rings is 4. The summed E-state index contributed by atoms with van der Waals surface area (Å²) in [6.45, 7) is 3.65. The smallest absolute Gasteiger partial charge is 0.435 e. The number of phenols is 2. The van der Waals surface area contributed by atoms with E-state index in [0.29, 0.717) is 64.4 Å². The number of hydrogen-bond acceptors (Lipinski definition) is 10. The van der Waals surface area contributed by atoms with Gasteiger partial charge < -0.3 is 41.4 Å². The third-order valence-corrected chi connectivity index (χ3v) is 12.0. The van der Waals surface area contributed by atoms with E-state index >= 15 is 0 Å². The zero-order valence-electron chi connectivity index (χ0n) is 32.8. The molecule has 1 fully saturated rings. The lowest BCUT2D eigenvalue weighted by atomic mass is 9.75. The maximum absolute atomic E-state index is 14.1. The Kier molecular flexibility index (Phi) is 9.30. The largest absolute Gasteiger partial charge is 0.508 e. The summed E-state index contributed by atoms with van der Waals surface area (Å²) in [6.07, 6.45) is -2.02. The number of nitrogens with two attached hydrogens (primary N) is 1. The fourth-order valence-electron chi connectivity index (χ4n) is 9.10. The normalized spacial score (nSPS) is 19.4. The van der Waals surface area contributed by atoms with Crippen molar-refractivity contribution in [1.29, 1.82) is 0 Å². The van der Waals surface area contributed by atoms with Crippen molar-refractivity contribution in [3.05, 3.63) is 118 Å². The molecule has 61 heavy (non-hydrogen) atoms. The van der Waals surface area contributed by atoms with Gasteiger partial charge in [0.15, 0.2) is 22.2 Å². The van der Waals surface area contributed by atoms with Crippen molar-refractivity contribution in [3.8, 4) is 28.7 Å². The molecule has 1 amide bonds. The number of aromatic nitrogens is 2. The van der Waals surface area contributed by atoms with E-state index < -0.39 is 46.1 Å². The summed E-state index contributed by atoms with van der Waals surface area (Å²) in [7, 11) is 0. The predicted molar refractivity (Wildman–Crippen MR) is 221 cm³/mol. The fraction of sp³-hybridized carbons (Fsp3) is 0.295. The summed E-state index contributed by atoms with van der Waals surface area (Å²) in [6, 6.07) is 18.6. The first-order valence-electron chi connectivity index (χ1n) is 19.6. The number of phenolic OH excluding ortho intramolecular Hbond substituents is 2. The van der Waals surface area contributed by atoms with E-state index in [1.165, 1.54) is 36.4 Å². The number of fused-ring (bicyclic) bond motifs is 7. The monoisotopic (exact) mass is 852 g/mol. The van der Waals surface area contributed by atoms with Crippen molar-refractivity contribution in [2.45, 2.75) is 76.2 Å². The summed E-state index contributed by atoms with van der Waals surface area (Å²) >= 11 is 5.68. The summed E-state index contributed by atoms with van der Waals surface area (Å²) in [4.78, 5) is 39.0. The topological polar surface area (TPSA) is 190 Å². The van der Waals surface area contributed by atoms with Crippen molar-refractivity contribution in [3.63, 3.8) is 0 Å². The Morgan fingerprint density at radius 1 is 0.885 bits per heavy atom. The number of amides is 1. The number of Topliss-reactive ketones (excluding diaryl/α,β-unsaturated/α-hetero) is 1. The van der Waals surface area contributed by atoms with Gasteiger partial charge in [0.2, 0.25) is 0 Å². The first-order chi connectivity index (χ1) is 28.9. The van der Waals surface area contributed by atoms with Crippen LogP contribution in [-0.4, -0.2) is 54.8 Å². The molecule has 314 valence electrons. The number of nitrogens with zero attached hydrogens (tertiary/aromatic N) is 2. The number of esters is 1. The second kappa shape index (κ2) is 14.2. The molecule has 1 saturated carbocycles. The van der Waals surface area contributed by atoms with E-state index in [1.807, 2.05) is 13.8 Å². The molecule has 2 aliphatic heterocycles. The molecule has 1 spiro atoms. The molecule has 13 nitrogen and oxygen atoms in total. The molecule has 0 unspecified atom stereocenters. The van der Waals surface area contributed by atoms with Crippen molar-refractivity contribution in [2.75, 3.05) is 10.6 Å². The zero-order valence-corrected chi connectivity index (χ0v) is 33.6. The molecule has 17 heteroatoms. The molecule has 0 radical (unpaired) electrons. The number of anilines is 2. The number of ketones is 1. The lowest BCUT2D eigenvalue weighted by Gasteiger charge is -2.36. The highest BCUT2D eigenvalue weighted by atomic mass is 32.1. The Bertz CT molecular complexity index is 2650. The van der Waals surface area contributed by atoms with Gasteiger partial charge in [-0.3, -0.25) is 9.59 Å². The highest BCUT2D eigenvalue weighted by molar-refractivity contribution is 7.80. The minimum Gasteiger partial charge on any atom is -0.508 e. The third kappa shape index (κ3) is 6.95. The van der Waals surface area contributed by atoms with Gasteiger partial charge in [0.05, 0.1) is 28.1 Å². The van der Waals surface area contributed by atoms with Crippen molar-refractivity contribution >= 4 is 46.4 Å². The first-order valence-corrected chi connectivity index (χ1v) is 20.0. The quantitative estimate of drug-likeness (QED) is 0.0719. The molecule has 3 heterocycles. The molecular formula is C44H39F3N6O7S. The van der Waals surface area contributed by atoms with Gasteiger partial charge in [-0.2, -0.15) is 18.3 Å². The van der Waals surface area contributed by atoms with Gasteiger partial charge in [0.1, 0.15) is 23.0 Å². The summed E-state index contributed by atoms with van der Waals surface area (Å²) in [5.74, 6) is -1.45. The number of primary amides is 1. The maximum Gasteiger partial charge on any atom is 0.435 e. The lowest BCUT2D eigenvalue weighted by Crippen LogP contribution is -2.42. The molecule has 4 aromatic carbocycles. The Hall–Kier alpha value is -6.62. The van der Waals surface area contributed by atoms with Crippen LogP contribution in [0.25, 0.3) is 5.69 Å². The molecule has 4 aliphatic rings. The van der Waals surface area contributed by atoms with E-state index in [4.69, 9.17) is 27.4 Å². The second-order valence-electron chi connectivity index (χ2n) is 16.7. The standard InChI is InChI=1S/C44H39F3N6O7S/c1-42(2)19-33-37(34(56)20-42)38(44(45,46)47)52-53(33)24-8-11-27(39(48)57)32(16-24)49-21-3-5-22(6-4-21)50-41(61)51-23-7-12-29-28(15-23)40(58)60-43(29)30-13-9-25(54)17-35(30)59-36-18-26(55)10-14-31(36)43/h7-18,21-22,49,54-55H,3-6,19-20H2,1-2H3,(H2,48,57)(H2,50,51,61). The molecule has 5 aromatic rings. The van der Waals surface area contributed by atoms with Crippen LogP contribution in [0.4, 0.5) is 24.5 Å². The summed E-state index contributed by atoms with van der Waals surface area (Å²) in [5, 5.41) is 34.5. The highest BCUT2D eigenvalue weighted by Crippen LogP contribution is 2.57. The molecule has 0 saturated heterocycles. The number of carbonyl (C=O) groups excluding carboxylic acids is 3. The van der Waals surface area contributed by atoms with E-state index in [-0.39, 0.29) is 64.9 Å². The first kappa shape index (κ1) is 39.8. The highest BCUT2D eigenvalue weighted by Gasteiger charge is 2.54. The number of alkyl halides is 3. The maximum atomic E-state index is 14.1. The van der Waals surface area contributed by atoms with Gasteiger partial charge in [0, 0.05) is 58.7 Å². The van der Waals surface area contributed by atoms with Crippen LogP contribution in [-0.2, 0) is 22.9 Å². The van der Waals surface area contributed by atoms with Crippen LogP contribution >= 0.6 is 12.2 Å². The molecular weight excluding hydrogens is 814 g/mol. The van der Waals surface area contributed by atoms with Crippen LogP contribution in [0.1, 0.15) is 105 Å². The summed E-state index contributed by atoms with van der Waals surface area (Å²) < 4.78 is 55.7. The minimum atomic E-state index is -4.84. The predicted octanol–water partition coefficient (Wildman–Crippen LogP) is 7.83. The van der Waals surface area contributed by atoms with Crippen molar-refractivity contribution in [1.82, 2.24) is 15.1 Å². The fourth-order valence-corrected chi connectivity index (χ4v) is 9.38. The average Bonchev–Trinajstić information content (AvgIpc) is 3.70. The van der Waals surface area contributed by atoms with E-state index in [1.54, 1.807) is 36.4 Å². The average molecular weight is 853 g/mol. The van der Waals surface area contributed by atoms with Gasteiger partial charge in [-0.25, -0.2) is 9.48 Å². The van der Waals surface area contributed by atoms with Crippen LogP contribution in [0.15, 0.2) is 72.8 Å².